The van der Waals surface area contributed by atoms with Gasteiger partial charge in [-0.1, -0.05) is 54.1 Å². The molecule has 1 aromatic heterocycles. The van der Waals surface area contributed by atoms with Crippen LogP contribution in [-0.4, -0.2) is 49.2 Å². The van der Waals surface area contributed by atoms with Gasteiger partial charge in [0.25, 0.3) is 0 Å². The number of para-hydroxylation sites is 1. The smallest absolute Gasteiger partial charge is 0.221 e. The molecule has 6 nitrogen and oxygen atoms in total. The third-order valence-electron chi connectivity index (χ3n) is 5.74. The number of benzene rings is 3. The minimum absolute atomic E-state index is 0.0111. The van der Waals surface area contributed by atoms with Gasteiger partial charge < -0.3 is 15.0 Å². The fraction of sp³-hybridized carbons (Fsp3) is 0.250. The number of nitrogens with zero attached hydrogens (tertiary/aromatic N) is 3. The highest BCUT2D eigenvalue weighted by Gasteiger charge is 2.17. The number of carbonyl (C=O) groups is 1. The molecule has 0 saturated carbocycles. The van der Waals surface area contributed by atoms with Crippen molar-refractivity contribution < 1.29 is 9.53 Å². The van der Waals surface area contributed by atoms with Crippen LogP contribution in [0.3, 0.4) is 0 Å². The predicted molar refractivity (Wildman–Crippen MR) is 142 cm³/mol. The number of aromatic nitrogens is 2. The number of nitrogens with one attached hydrogen (secondary N) is 1. The van der Waals surface area contributed by atoms with Gasteiger partial charge in [0.2, 0.25) is 5.91 Å². The van der Waals surface area contributed by atoms with Gasteiger partial charge in [-0.05, 0) is 48.4 Å². The Balaban J connectivity index is 1.66. The fourth-order valence-corrected chi connectivity index (χ4v) is 4.00. The van der Waals surface area contributed by atoms with Crippen molar-refractivity contribution in [2.24, 2.45) is 0 Å². The zero-order chi connectivity index (χ0) is 24.5. The highest BCUT2D eigenvalue weighted by molar-refractivity contribution is 6.30. The van der Waals surface area contributed by atoms with Gasteiger partial charge in [0.05, 0.1) is 12.1 Å². The summed E-state index contributed by atoms with van der Waals surface area (Å²) in [5, 5.41) is 4.53. The third-order valence-corrected chi connectivity index (χ3v) is 5.99. The zero-order valence-corrected chi connectivity index (χ0v) is 20.5. The molecule has 0 saturated heterocycles. The van der Waals surface area contributed by atoms with Gasteiger partial charge in [-0.2, -0.15) is 0 Å². The molecule has 0 unspecified atom stereocenters. The molecular formula is C28H29ClN4O2. The average Bonchev–Trinajstić information content (AvgIpc) is 2.89. The molecule has 1 amide bonds. The Kier molecular flexibility index (Phi) is 8.65. The van der Waals surface area contributed by atoms with Gasteiger partial charge in [0.15, 0.2) is 5.82 Å². The molecule has 35 heavy (non-hydrogen) atoms. The summed E-state index contributed by atoms with van der Waals surface area (Å²) >= 11 is 6.10. The van der Waals surface area contributed by atoms with E-state index in [9.17, 15) is 4.79 Å². The summed E-state index contributed by atoms with van der Waals surface area (Å²) in [5.41, 5.74) is 2.98. The zero-order valence-electron chi connectivity index (χ0n) is 19.8. The summed E-state index contributed by atoms with van der Waals surface area (Å²) in [4.78, 5) is 24.5. The van der Waals surface area contributed by atoms with E-state index in [-0.39, 0.29) is 5.91 Å². The first-order valence-electron chi connectivity index (χ1n) is 11.7. The van der Waals surface area contributed by atoms with E-state index < -0.39 is 0 Å². The number of fused-ring (bicyclic) bond motifs is 1. The lowest BCUT2D eigenvalue weighted by Crippen LogP contribution is -2.34. The molecule has 0 aliphatic carbocycles. The van der Waals surface area contributed by atoms with Gasteiger partial charge in [-0.3, -0.25) is 4.79 Å². The molecule has 1 N–H and O–H groups in total. The molecule has 3 aromatic carbocycles. The minimum Gasteiger partial charge on any atom is -0.383 e. The second kappa shape index (κ2) is 12.3. The molecule has 7 heteroatoms. The van der Waals surface area contributed by atoms with Gasteiger partial charge in [-0.15, -0.1) is 0 Å². The Morgan fingerprint density at radius 2 is 1.69 bits per heavy atom. The van der Waals surface area contributed by atoms with Crippen LogP contribution >= 0.6 is 11.6 Å². The number of halogens is 1. The summed E-state index contributed by atoms with van der Waals surface area (Å²) in [5.74, 6) is 1.44. The van der Waals surface area contributed by atoms with Crippen LogP contribution in [0.2, 0.25) is 5.02 Å². The van der Waals surface area contributed by atoms with Crippen LogP contribution in [0.15, 0.2) is 78.9 Å². The monoisotopic (exact) mass is 488 g/mol. The van der Waals surface area contributed by atoms with Crippen molar-refractivity contribution in [1.29, 1.82) is 0 Å². The van der Waals surface area contributed by atoms with Crippen molar-refractivity contribution in [3.05, 3.63) is 89.4 Å². The average molecular weight is 489 g/mol. The van der Waals surface area contributed by atoms with Crippen molar-refractivity contribution in [1.82, 2.24) is 15.3 Å². The van der Waals surface area contributed by atoms with E-state index in [2.05, 4.69) is 22.3 Å². The topological polar surface area (TPSA) is 67.3 Å². The second-order valence-electron chi connectivity index (χ2n) is 8.21. The summed E-state index contributed by atoms with van der Waals surface area (Å²) in [6.07, 6.45) is 1.19. The van der Waals surface area contributed by atoms with Crippen LogP contribution < -0.4 is 10.2 Å². The first kappa shape index (κ1) is 24.6. The molecule has 4 aromatic rings. The first-order valence-corrected chi connectivity index (χ1v) is 12.1. The Morgan fingerprint density at radius 3 is 2.46 bits per heavy atom. The molecule has 0 radical (unpaired) electrons. The quantitative estimate of drug-likeness (QED) is 0.296. The third kappa shape index (κ3) is 6.78. The first-order chi connectivity index (χ1) is 17.1. The van der Waals surface area contributed by atoms with Crippen molar-refractivity contribution >= 4 is 34.2 Å². The number of hydrogen-bond donors (Lipinski definition) is 1. The molecule has 0 spiro atoms. The summed E-state index contributed by atoms with van der Waals surface area (Å²) in [6, 6.07) is 25.9. The van der Waals surface area contributed by atoms with Crippen LogP contribution in [0.1, 0.15) is 12.0 Å². The van der Waals surface area contributed by atoms with E-state index in [1.54, 1.807) is 7.11 Å². The van der Waals surface area contributed by atoms with Crippen LogP contribution in [0, 0.1) is 0 Å². The Hall–Kier alpha value is -3.48. The van der Waals surface area contributed by atoms with Crippen LogP contribution in [0.5, 0.6) is 0 Å². The summed E-state index contributed by atoms with van der Waals surface area (Å²) < 4.78 is 5.04. The maximum absolute atomic E-state index is 12.5. The number of amides is 1. The van der Waals surface area contributed by atoms with Crippen molar-refractivity contribution in [2.75, 3.05) is 38.3 Å². The highest BCUT2D eigenvalue weighted by Crippen LogP contribution is 2.28. The maximum atomic E-state index is 12.5. The number of methoxy groups -OCH3 is 1. The van der Waals surface area contributed by atoms with E-state index in [0.29, 0.717) is 37.0 Å². The molecule has 0 atom stereocenters. The standard InChI is InChI=1S/C28H29ClN4O2/c1-35-20-17-30-26(34)16-19-33(18-15-21-7-3-2-4-8-21)28-24-9-5-6-10-25(24)31-27(32-28)22-11-13-23(29)14-12-22/h2-14H,15-20H2,1H3,(H,30,34). The molecule has 0 fully saturated rings. The lowest BCUT2D eigenvalue weighted by atomic mass is 10.1. The van der Waals surface area contributed by atoms with E-state index in [1.807, 2.05) is 66.7 Å². The van der Waals surface area contributed by atoms with Crippen LogP contribution in [-0.2, 0) is 16.0 Å². The molecule has 0 bridgehead atoms. The second-order valence-corrected chi connectivity index (χ2v) is 8.65. The lowest BCUT2D eigenvalue weighted by Gasteiger charge is -2.25. The summed E-state index contributed by atoms with van der Waals surface area (Å²) in [7, 11) is 1.62. The van der Waals surface area contributed by atoms with Gasteiger partial charge >= 0.3 is 0 Å². The molecular weight excluding hydrogens is 460 g/mol. The lowest BCUT2D eigenvalue weighted by molar-refractivity contribution is -0.121. The number of anilines is 1. The van der Waals surface area contributed by atoms with Crippen molar-refractivity contribution in [2.45, 2.75) is 12.8 Å². The number of hydrogen-bond acceptors (Lipinski definition) is 5. The predicted octanol–water partition coefficient (Wildman–Crippen LogP) is 5.15. The highest BCUT2D eigenvalue weighted by atomic mass is 35.5. The minimum atomic E-state index is -0.0111. The molecule has 0 aliphatic rings. The van der Waals surface area contributed by atoms with Gasteiger partial charge in [-0.25, -0.2) is 9.97 Å². The van der Waals surface area contributed by atoms with E-state index in [4.69, 9.17) is 26.3 Å². The Bertz CT molecular complexity index is 1250. The van der Waals surface area contributed by atoms with E-state index >= 15 is 0 Å². The molecule has 1 heterocycles. The van der Waals surface area contributed by atoms with Gasteiger partial charge in [0, 0.05) is 49.1 Å². The Labute approximate surface area is 210 Å². The normalized spacial score (nSPS) is 10.9. The molecule has 0 aliphatic heterocycles. The number of carbonyl (C=O) groups excluding carboxylic acids is 1. The molecule has 180 valence electrons. The van der Waals surface area contributed by atoms with Crippen molar-refractivity contribution in [3.8, 4) is 11.4 Å². The molecule has 4 rings (SSSR count). The fourth-order valence-electron chi connectivity index (χ4n) is 3.88. The maximum Gasteiger partial charge on any atom is 0.221 e. The largest absolute Gasteiger partial charge is 0.383 e. The van der Waals surface area contributed by atoms with Gasteiger partial charge in [0.1, 0.15) is 5.82 Å². The number of ether oxygens (including phenoxy) is 1. The van der Waals surface area contributed by atoms with Crippen LogP contribution in [0.25, 0.3) is 22.3 Å². The number of rotatable bonds is 11. The van der Waals surface area contributed by atoms with Crippen molar-refractivity contribution in [3.63, 3.8) is 0 Å². The Morgan fingerprint density at radius 1 is 0.943 bits per heavy atom. The SMILES string of the molecule is COCCNC(=O)CCN(CCc1ccccc1)c1nc(-c2ccc(Cl)cc2)nc2ccccc12. The van der Waals surface area contributed by atoms with E-state index in [1.165, 1.54) is 5.56 Å². The van der Waals surface area contributed by atoms with E-state index in [0.717, 1.165) is 35.2 Å². The summed E-state index contributed by atoms with van der Waals surface area (Å²) in [6.45, 7) is 2.24. The van der Waals surface area contributed by atoms with Crippen LogP contribution in [0.4, 0.5) is 5.82 Å².